The molecule has 9 amide bonds. The number of carbonyl (C=O) groups excluding carboxylic acids is 9. The van der Waals surface area contributed by atoms with E-state index in [9.17, 15) is 83.1 Å². The molecule has 1 fully saturated rings. The van der Waals surface area contributed by atoms with Gasteiger partial charge in [0.1, 0.15) is 60.1 Å². The highest BCUT2D eigenvalue weighted by Gasteiger charge is 2.42. The molecule has 0 aliphatic carbocycles. The Kier molecular flexibility index (Phi) is 28.8. The van der Waals surface area contributed by atoms with Gasteiger partial charge in [-0.15, -0.1) is 0 Å². The van der Waals surface area contributed by atoms with Crippen LogP contribution in [0.5, 0.6) is 5.75 Å². The van der Waals surface area contributed by atoms with Gasteiger partial charge >= 0.3 is 17.9 Å². The molecule has 15 N–H and O–H groups in total. The number of aliphatic carboxylic acids is 3. The molecule has 0 bridgehead atoms. The van der Waals surface area contributed by atoms with Gasteiger partial charge in [0.2, 0.25) is 53.2 Å². The van der Waals surface area contributed by atoms with Crippen LogP contribution in [-0.2, 0) is 76.8 Å². The van der Waals surface area contributed by atoms with Gasteiger partial charge in [0.25, 0.3) is 0 Å². The minimum Gasteiger partial charge on any atom is -0.508 e. The van der Waals surface area contributed by atoms with E-state index in [1.807, 2.05) is 6.26 Å². The molecule has 0 aromatic heterocycles. The standard InChI is InChI=1S/C60H82N10O17S/c1-32(2)48(67-52(78)40(23-24-46(73)74)62-53(79)41(29-37-19-21-38(72)22-20-37)63-51(77)39(61)25-27-88-6)57(83)64-42(28-35-14-9-7-10-15-35)55(81)69-50(34(5)71)58(84)65-43(31-47(75)76)54(80)66-44(30-36-16-11-8-12-17-36)59(85)70-26-13-18-45(70)56(82)68-49(33(3)4)60(86)87/h7-12,14-17,19-22,32-34,39-45,48-50,71-72H,13,18,23-31,61H2,1-6H3,(H,62,79)(H,63,77)(H,64,83)(H,65,84)(H,66,80)(H,67,78)(H,68,82)(H,69,81)(H,73,74)(H,75,76)(H,86,87)/t34-,39+,40+,41+,42+,43+,44+,45+,48+,49+,50+/m1/s1. The minimum atomic E-state index is -1.97. The fraction of sp³-hybridized carbons (Fsp3) is 0.500. The lowest BCUT2D eigenvalue weighted by molar-refractivity contribution is -0.146. The Balaban J connectivity index is 1.59. The summed E-state index contributed by atoms with van der Waals surface area (Å²) in [6, 6.07) is 7.31. The van der Waals surface area contributed by atoms with E-state index in [2.05, 4.69) is 42.5 Å². The summed E-state index contributed by atoms with van der Waals surface area (Å²) in [5.41, 5.74) is 7.59. The highest BCUT2D eigenvalue weighted by molar-refractivity contribution is 7.98. The molecule has 0 unspecified atom stereocenters. The van der Waals surface area contributed by atoms with E-state index in [1.54, 1.807) is 74.5 Å². The number of nitrogens with zero attached hydrogens (tertiary/aromatic N) is 1. The minimum absolute atomic E-state index is 0.0408. The van der Waals surface area contributed by atoms with Gasteiger partial charge in [-0.2, -0.15) is 11.8 Å². The van der Waals surface area contributed by atoms with Crippen LogP contribution in [0.1, 0.15) is 89.8 Å². The normalized spacial score (nSPS) is 16.3. The number of carboxylic acids is 3. The van der Waals surface area contributed by atoms with Crippen LogP contribution in [0, 0.1) is 11.8 Å². The van der Waals surface area contributed by atoms with Crippen LogP contribution in [0.15, 0.2) is 84.9 Å². The first kappa shape index (κ1) is 71.8. The highest BCUT2D eigenvalue weighted by Crippen LogP contribution is 2.22. The fourth-order valence-corrected chi connectivity index (χ4v) is 10.0. The number of hydrogen-bond donors (Lipinski definition) is 14. The number of aliphatic hydroxyl groups excluding tert-OH is 1. The average Bonchev–Trinajstić information content (AvgIpc) is 4.10. The van der Waals surface area contributed by atoms with Crippen molar-refractivity contribution in [1.82, 2.24) is 47.4 Å². The lowest BCUT2D eigenvalue weighted by atomic mass is 9.99. The Labute approximate surface area is 513 Å². The predicted molar refractivity (Wildman–Crippen MR) is 321 cm³/mol. The molecular formula is C60H82N10O17S. The largest absolute Gasteiger partial charge is 0.508 e. The Hall–Kier alpha value is -8.63. The Morgan fingerprint density at radius 2 is 0.989 bits per heavy atom. The summed E-state index contributed by atoms with van der Waals surface area (Å²) in [6.07, 6.45) is -2.01. The summed E-state index contributed by atoms with van der Waals surface area (Å²) in [7, 11) is 0. The summed E-state index contributed by atoms with van der Waals surface area (Å²) in [5.74, 6) is -13.7. The molecule has 11 atom stereocenters. The monoisotopic (exact) mass is 1250 g/mol. The first-order valence-corrected chi connectivity index (χ1v) is 30.2. The summed E-state index contributed by atoms with van der Waals surface area (Å²) in [5, 5.41) is 70.2. The number of benzene rings is 3. The van der Waals surface area contributed by atoms with E-state index >= 15 is 0 Å². The lowest BCUT2D eigenvalue weighted by Crippen LogP contribution is -2.63. The molecule has 0 spiro atoms. The van der Waals surface area contributed by atoms with Crippen LogP contribution >= 0.6 is 11.8 Å². The van der Waals surface area contributed by atoms with Crippen molar-refractivity contribution in [2.24, 2.45) is 17.6 Å². The molecule has 1 heterocycles. The molecule has 88 heavy (non-hydrogen) atoms. The van der Waals surface area contributed by atoms with Crippen molar-refractivity contribution in [1.29, 1.82) is 0 Å². The van der Waals surface area contributed by atoms with Gasteiger partial charge in [0.05, 0.1) is 18.6 Å². The highest BCUT2D eigenvalue weighted by atomic mass is 32.2. The third-order valence-electron chi connectivity index (χ3n) is 14.5. The first-order chi connectivity index (χ1) is 41.6. The lowest BCUT2D eigenvalue weighted by Gasteiger charge is -2.31. The second kappa shape index (κ2) is 35.2. The number of nitrogens with two attached hydrogens (primary N) is 1. The number of likely N-dealkylation sites (tertiary alicyclic amines) is 1. The third-order valence-corrected chi connectivity index (χ3v) is 15.1. The maximum atomic E-state index is 14.5. The van der Waals surface area contributed by atoms with E-state index < -0.39 is 169 Å². The molecule has 0 radical (unpaired) electrons. The molecule has 0 saturated carbocycles. The molecule has 480 valence electrons. The van der Waals surface area contributed by atoms with E-state index in [0.717, 1.165) is 6.92 Å². The number of carbonyl (C=O) groups is 12. The third kappa shape index (κ3) is 22.9. The van der Waals surface area contributed by atoms with Gasteiger partial charge in [0, 0.05) is 32.2 Å². The Morgan fingerprint density at radius 3 is 1.50 bits per heavy atom. The SMILES string of the molecule is CSCC[C@H](N)C(=O)N[C@@H](Cc1ccc(O)cc1)C(=O)N[C@@H](CCC(=O)O)C(=O)N[C@H](C(=O)N[C@@H](Cc1ccccc1)C(=O)N[C@H](C(=O)N[C@@H](CC(=O)O)C(=O)N[C@@H](Cc1ccccc1)C(=O)N1CCC[C@H]1C(=O)N[C@H](C(=O)O)C(C)C)[C@@H](C)O)C(C)C. The quantitative estimate of drug-likeness (QED) is 0.0353. The summed E-state index contributed by atoms with van der Waals surface area (Å²) >= 11 is 1.45. The van der Waals surface area contributed by atoms with Crippen molar-refractivity contribution in [2.75, 3.05) is 18.6 Å². The number of aromatic hydroxyl groups is 1. The number of rotatable bonds is 35. The maximum absolute atomic E-state index is 14.5. The first-order valence-electron chi connectivity index (χ1n) is 28.8. The zero-order valence-corrected chi connectivity index (χ0v) is 50.8. The molecule has 3 aromatic rings. The van der Waals surface area contributed by atoms with Gasteiger partial charge in [-0.05, 0) is 85.3 Å². The van der Waals surface area contributed by atoms with E-state index in [1.165, 1.54) is 54.8 Å². The van der Waals surface area contributed by atoms with Crippen molar-refractivity contribution in [2.45, 2.75) is 159 Å². The van der Waals surface area contributed by atoms with Gasteiger partial charge in [-0.1, -0.05) is 100 Å². The van der Waals surface area contributed by atoms with Crippen LogP contribution in [0.25, 0.3) is 0 Å². The Bertz CT molecular complexity index is 2900. The number of carboxylic acid groups (broad SMARTS) is 3. The molecule has 1 aliphatic rings. The second-order valence-corrected chi connectivity index (χ2v) is 23.2. The molecule has 1 saturated heterocycles. The summed E-state index contributed by atoms with van der Waals surface area (Å²) in [6.45, 7) is 7.42. The number of thioether (sulfide) groups is 1. The Morgan fingerprint density at radius 1 is 0.534 bits per heavy atom. The summed E-state index contributed by atoms with van der Waals surface area (Å²) < 4.78 is 0. The molecule has 4 rings (SSSR count). The fourth-order valence-electron chi connectivity index (χ4n) is 9.54. The second-order valence-electron chi connectivity index (χ2n) is 22.2. The van der Waals surface area contributed by atoms with Crippen molar-refractivity contribution in [3.05, 3.63) is 102 Å². The topological polar surface area (TPSA) is 431 Å². The zero-order valence-electron chi connectivity index (χ0n) is 49.9. The average molecular weight is 1250 g/mol. The van der Waals surface area contributed by atoms with Gasteiger partial charge in [-0.3, -0.25) is 52.7 Å². The number of hydrogen-bond acceptors (Lipinski definition) is 16. The molecule has 3 aromatic carbocycles. The van der Waals surface area contributed by atoms with Gasteiger partial charge < -0.3 is 78.7 Å². The molecule has 1 aliphatic heterocycles. The van der Waals surface area contributed by atoms with E-state index in [0.29, 0.717) is 28.9 Å². The number of phenols is 1. The summed E-state index contributed by atoms with van der Waals surface area (Å²) in [4.78, 5) is 164. The van der Waals surface area contributed by atoms with Crippen molar-refractivity contribution in [3.8, 4) is 5.75 Å². The van der Waals surface area contributed by atoms with Crippen LogP contribution in [0.4, 0.5) is 0 Å². The van der Waals surface area contributed by atoms with Crippen molar-refractivity contribution in [3.63, 3.8) is 0 Å². The number of amides is 9. The van der Waals surface area contributed by atoms with Crippen LogP contribution in [-0.4, -0.2) is 187 Å². The van der Waals surface area contributed by atoms with Gasteiger partial charge in [-0.25, -0.2) is 4.79 Å². The van der Waals surface area contributed by atoms with Gasteiger partial charge in [0.15, 0.2) is 0 Å². The number of nitrogens with one attached hydrogen (secondary N) is 8. The van der Waals surface area contributed by atoms with E-state index in [4.69, 9.17) is 5.73 Å². The van der Waals surface area contributed by atoms with Crippen LogP contribution in [0.2, 0.25) is 0 Å². The van der Waals surface area contributed by atoms with E-state index in [-0.39, 0.29) is 44.4 Å². The smallest absolute Gasteiger partial charge is 0.326 e. The maximum Gasteiger partial charge on any atom is 0.326 e. The predicted octanol–water partition coefficient (Wildman–Crippen LogP) is -0.513. The number of phenolic OH excluding ortho intramolecular Hbond substituents is 1. The van der Waals surface area contributed by atoms with Crippen LogP contribution < -0.4 is 48.3 Å². The van der Waals surface area contributed by atoms with Crippen molar-refractivity contribution < 1.29 is 83.1 Å². The molecule has 27 nitrogen and oxygen atoms in total. The van der Waals surface area contributed by atoms with Crippen molar-refractivity contribution >= 4 is 82.8 Å². The number of aliphatic hydroxyl groups is 1. The molecular weight excluding hydrogens is 1160 g/mol. The van der Waals surface area contributed by atoms with Crippen LogP contribution in [0.3, 0.4) is 0 Å². The zero-order chi connectivity index (χ0) is 65.4. The molecule has 28 heteroatoms.